The molecule has 0 unspecified atom stereocenters. The van der Waals surface area contributed by atoms with Crippen molar-refractivity contribution in [3.63, 3.8) is 0 Å². The predicted molar refractivity (Wildman–Crippen MR) is 112 cm³/mol. The van der Waals surface area contributed by atoms with Crippen molar-refractivity contribution in [3.8, 4) is 11.5 Å². The van der Waals surface area contributed by atoms with Gasteiger partial charge in [0.1, 0.15) is 6.54 Å². The maximum Gasteiger partial charge on any atom is 0.261 e. The van der Waals surface area contributed by atoms with E-state index < -0.39 is 0 Å². The van der Waals surface area contributed by atoms with Gasteiger partial charge >= 0.3 is 0 Å². The average molecular weight is 458 g/mol. The van der Waals surface area contributed by atoms with Crippen molar-refractivity contribution in [2.45, 2.75) is 25.8 Å². The second-order valence-corrected chi connectivity index (χ2v) is 8.48. The minimum absolute atomic E-state index is 0.0918. The molecule has 1 aromatic heterocycles. The summed E-state index contributed by atoms with van der Waals surface area (Å²) in [5.74, 6) is 1.18. The Morgan fingerprint density at radius 1 is 1.21 bits per heavy atom. The molecule has 0 spiro atoms. The van der Waals surface area contributed by atoms with Gasteiger partial charge in [-0.25, -0.2) is 4.98 Å². The highest BCUT2D eigenvalue weighted by Crippen LogP contribution is 2.36. The van der Waals surface area contributed by atoms with Gasteiger partial charge in [0.05, 0.1) is 17.2 Å². The summed E-state index contributed by atoms with van der Waals surface area (Å²) in [6, 6.07) is 11.1. The van der Waals surface area contributed by atoms with E-state index >= 15 is 0 Å². The van der Waals surface area contributed by atoms with Crippen LogP contribution in [-0.4, -0.2) is 28.8 Å². The number of hydrogen-bond donors (Lipinski definition) is 1. The minimum Gasteiger partial charge on any atom is -0.454 e. The second-order valence-electron chi connectivity index (χ2n) is 7.57. The monoisotopic (exact) mass is 457 g/mol. The zero-order valence-corrected chi connectivity index (χ0v) is 17.7. The molecule has 1 amide bonds. The number of ether oxygens (including phenoxy) is 2. The molecule has 0 radical (unpaired) electrons. The fourth-order valence-electron chi connectivity index (χ4n) is 3.19. The summed E-state index contributed by atoms with van der Waals surface area (Å²) in [5, 5.41) is 3.38. The Labute approximate surface area is 175 Å². The molecule has 0 atom stereocenters. The lowest BCUT2D eigenvalue weighted by atomic mass is 9.84. The van der Waals surface area contributed by atoms with Crippen molar-refractivity contribution >= 4 is 32.7 Å². The van der Waals surface area contributed by atoms with Crippen molar-refractivity contribution in [1.29, 1.82) is 0 Å². The molecule has 150 valence electrons. The molecule has 8 heteroatoms. The first-order chi connectivity index (χ1) is 13.8. The van der Waals surface area contributed by atoms with Crippen LogP contribution < -0.4 is 20.3 Å². The van der Waals surface area contributed by atoms with Crippen molar-refractivity contribution in [3.05, 3.63) is 63.1 Å². The van der Waals surface area contributed by atoms with Gasteiger partial charge in [-0.3, -0.25) is 14.2 Å². The number of aromatic nitrogens is 2. The van der Waals surface area contributed by atoms with Gasteiger partial charge in [0.25, 0.3) is 5.56 Å². The maximum atomic E-state index is 12.6. The molecule has 1 N–H and O–H groups in total. The summed E-state index contributed by atoms with van der Waals surface area (Å²) >= 11 is 3.36. The highest BCUT2D eigenvalue weighted by molar-refractivity contribution is 9.10. The number of carbonyl (C=O) groups is 1. The van der Waals surface area contributed by atoms with E-state index in [4.69, 9.17) is 9.47 Å². The zero-order chi connectivity index (χ0) is 20.6. The molecule has 0 saturated carbocycles. The van der Waals surface area contributed by atoms with Crippen LogP contribution in [0.25, 0.3) is 10.9 Å². The molecule has 4 rings (SSSR count). The van der Waals surface area contributed by atoms with E-state index in [1.807, 2.05) is 38.1 Å². The number of halogens is 1. The number of rotatable bonds is 5. The highest BCUT2D eigenvalue weighted by Gasteiger charge is 2.24. The van der Waals surface area contributed by atoms with Crippen LogP contribution in [-0.2, 0) is 16.8 Å². The Kier molecular flexibility index (Phi) is 5.04. The second kappa shape index (κ2) is 7.51. The highest BCUT2D eigenvalue weighted by atomic mass is 79.9. The summed E-state index contributed by atoms with van der Waals surface area (Å²) in [5.41, 5.74) is 1.05. The van der Waals surface area contributed by atoms with Gasteiger partial charge in [-0.2, -0.15) is 0 Å². The average Bonchev–Trinajstić information content (AvgIpc) is 3.17. The summed E-state index contributed by atoms with van der Waals surface area (Å²) < 4.78 is 12.9. The molecule has 7 nitrogen and oxygen atoms in total. The Hall–Kier alpha value is -2.87. The molecule has 2 aromatic carbocycles. The van der Waals surface area contributed by atoms with Gasteiger partial charge in [0.2, 0.25) is 12.7 Å². The minimum atomic E-state index is -0.325. The molecular weight excluding hydrogens is 438 g/mol. The summed E-state index contributed by atoms with van der Waals surface area (Å²) in [7, 11) is 0. The van der Waals surface area contributed by atoms with E-state index in [1.165, 1.54) is 10.9 Å². The Morgan fingerprint density at radius 3 is 2.83 bits per heavy atom. The van der Waals surface area contributed by atoms with Crippen LogP contribution in [0.15, 0.2) is 52.0 Å². The van der Waals surface area contributed by atoms with E-state index in [0.717, 1.165) is 15.8 Å². The molecular formula is C21H20BrN3O4. The standard InChI is InChI=1S/C21H20BrN3O4/c1-21(2,13-3-6-17-18(7-13)29-12-28-17)10-23-19(26)9-25-11-24-16-5-4-14(22)8-15(16)20(25)27/h3-8,11H,9-10,12H2,1-2H3,(H,23,26). The van der Waals surface area contributed by atoms with Crippen LogP contribution in [0, 0.1) is 0 Å². The third-order valence-electron chi connectivity index (χ3n) is 4.98. The molecule has 1 aliphatic heterocycles. The number of nitrogens with zero attached hydrogens (tertiary/aromatic N) is 2. The molecule has 1 aliphatic rings. The molecule has 0 saturated heterocycles. The number of hydrogen-bond acceptors (Lipinski definition) is 5. The van der Waals surface area contributed by atoms with Crippen LogP contribution in [0.4, 0.5) is 0 Å². The summed E-state index contributed by atoms with van der Waals surface area (Å²) in [4.78, 5) is 29.4. The van der Waals surface area contributed by atoms with Crippen molar-refractivity contribution in [2.24, 2.45) is 0 Å². The Bertz CT molecular complexity index is 1160. The third kappa shape index (κ3) is 3.98. The van der Waals surface area contributed by atoms with Crippen LogP contribution >= 0.6 is 15.9 Å². The number of benzene rings is 2. The van der Waals surface area contributed by atoms with Crippen LogP contribution in [0.1, 0.15) is 19.4 Å². The van der Waals surface area contributed by atoms with Gasteiger partial charge in [-0.1, -0.05) is 35.8 Å². The first-order valence-electron chi connectivity index (χ1n) is 9.15. The molecule has 0 fully saturated rings. The van der Waals surface area contributed by atoms with Crippen molar-refractivity contribution < 1.29 is 14.3 Å². The van der Waals surface area contributed by atoms with Gasteiger partial charge in [-0.15, -0.1) is 0 Å². The molecule has 0 aliphatic carbocycles. The van der Waals surface area contributed by atoms with E-state index in [-0.39, 0.29) is 30.2 Å². The van der Waals surface area contributed by atoms with Crippen LogP contribution in [0.3, 0.4) is 0 Å². The zero-order valence-electron chi connectivity index (χ0n) is 16.1. The third-order valence-corrected chi connectivity index (χ3v) is 5.47. The predicted octanol–water partition coefficient (Wildman–Crippen LogP) is 2.98. The van der Waals surface area contributed by atoms with E-state index in [0.29, 0.717) is 23.2 Å². The first-order valence-corrected chi connectivity index (χ1v) is 9.94. The number of amides is 1. The van der Waals surface area contributed by atoms with Gasteiger partial charge in [0, 0.05) is 16.4 Å². The van der Waals surface area contributed by atoms with Crippen LogP contribution in [0.5, 0.6) is 11.5 Å². The first kappa shape index (κ1) is 19.4. The summed E-state index contributed by atoms with van der Waals surface area (Å²) in [6.45, 7) is 4.61. The Balaban J connectivity index is 1.45. The quantitative estimate of drug-likeness (QED) is 0.636. The number of fused-ring (bicyclic) bond motifs is 2. The topological polar surface area (TPSA) is 82.5 Å². The lowest BCUT2D eigenvalue weighted by Gasteiger charge is -2.26. The fraction of sp³-hybridized carbons (Fsp3) is 0.286. The van der Waals surface area contributed by atoms with E-state index in [9.17, 15) is 9.59 Å². The van der Waals surface area contributed by atoms with E-state index in [2.05, 4.69) is 26.2 Å². The lowest BCUT2D eigenvalue weighted by molar-refractivity contribution is -0.121. The largest absolute Gasteiger partial charge is 0.454 e. The molecule has 2 heterocycles. The van der Waals surface area contributed by atoms with E-state index in [1.54, 1.807) is 12.1 Å². The molecule has 0 bridgehead atoms. The van der Waals surface area contributed by atoms with Crippen molar-refractivity contribution in [2.75, 3.05) is 13.3 Å². The Morgan fingerprint density at radius 2 is 2.00 bits per heavy atom. The smallest absolute Gasteiger partial charge is 0.261 e. The molecule has 3 aromatic rings. The maximum absolute atomic E-state index is 12.6. The number of carbonyl (C=O) groups excluding carboxylic acids is 1. The lowest BCUT2D eigenvalue weighted by Crippen LogP contribution is -2.39. The van der Waals surface area contributed by atoms with Gasteiger partial charge < -0.3 is 14.8 Å². The van der Waals surface area contributed by atoms with Gasteiger partial charge in [0.15, 0.2) is 11.5 Å². The van der Waals surface area contributed by atoms with Gasteiger partial charge in [-0.05, 0) is 35.9 Å². The normalized spacial score (nSPS) is 12.9. The number of nitrogens with one attached hydrogen (secondary N) is 1. The van der Waals surface area contributed by atoms with Crippen molar-refractivity contribution in [1.82, 2.24) is 14.9 Å². The summed E-state index contributed by atoms with van der Waals surface area (Å²) in [6.07, 6.45) is 1.40. The van der Waals surface area contributed by atoms with Crippen LogP contribution in [0.2, 0.25) is 0 Å². The fourth-order valence-corrected chi connectivity index (χ4v) is 3.55. The molecule has 29 heavy (non-hydrogen) atoms. The SMILES string of the molecule is CC(C)(CNC(=O)Cn1cnc2ccc(Br)cc2c1=O)c1ccc2c(c1)OCO2.